The molecule has 0 saturated heterocycles. The molecule has 0 bridgehead atoms. The minimum Gasteiger partial charge on any atom is -0.496 e. The maximum atomic E-state index is 5.48. The van der Waals surface area contributed by atoms with Crippen LogP contribution in [0.25, 0.3) is 33.1 Å². The molecule has 0 atom stereocenters. The molecule has 0 saturated carbocycles. The third-order valence-electron chi connectivity index (χ3n) is 5.41. The number of nitrogens with one attached hydrogen (secondary N) is 1. The molecule has 0 radical (unpaired) electrons. The van der Waals surface area contributed by atoms with Crippen LogP contribution in [0.15, 0.2) is 79.1 Å². The molecule has 5 aromatic rings. The number of hydrogen-bond acceptors (Lipinski definition) is 4. The van der Waals surface area contributed by atoms with Gasteiger partial charge in [-0.25, -0.2) is 9.97 Å². The second kappa shape index (κ2) is 7.52. The van der Waals surface area contributed by atoms with Crippen LogP contribution in [0.2, 0.25) is 0 Å². The van der Waals surface area contributed by atoms with Crippen molar-refractivity contribution >= 4 is 33.3 Å². The van der Waals surface area contributed by atoms with Crippen molar-refractivity contribution in [3.05, 3.63) is 79.1 Å². The van der Waals surface area contributed by atoms with Crippen LogP contribution in [-0.4, -0.2) is 21.6 Å². The van der Waals surface area contributed by atoms with Gasteiger partial charge >= 0.3 is 0 Å². The lowest BCUT2D eigenvalue weighted by Gasteiger charge is -2.10. The molecule has 2 heterocycles. The van der Waals surface area contributed by atoms with Crippen LogP contribution >= 0.6 is 0 Å². The molecule has 0 aliphatic carbocycles. The fourth-order valence-corrected chi connectivity index (χ4v) is 4.05. The van der Waals surface area contributed by atoms with Gasteiger partial charge in [-0.15, -0.1) is 0 Å². The van der Waals surface area contributed by atoms with Gasteiger partial charge in [0.05, 0.1) is 12.8 Å². The van der Waals surface area contributed by atoms with E-state index < -0.39 is 0 Å². The summed E-state index contributed by atoms with van der Waals surface area (Å²) >= 11 is 0. The average Bonchev–Trinajstić information content (AvgIpc) is 3.12. The molecule has 0 amide bonds. The topological polar surface area (TPSA) is 52.0 Å². The first-order chi connectivity index (χ1) is 14.8. The maximum absolute atomic E-state index is 5.48. The van der Waals surface area contributed by atoms with E-state index in [0.29, 0.717) is 0 Å². The lowest BCUT2D eigenvalue weighted by Crippen LogP contribution is -1.97. The highest BCUT2D eigenvalue weighted by atomic mass is 16.5. The number of para-hydroxylation sites is 2. The lowest BCUT2D eigenvalue weighted by atomic mass is 10.1. The first-order valence-electron chi connectivity index (χ1n) is 10.0. The summed E-state index contributed by atoms with van der Waals surface area (Å²) in [6.45, 7) is 3.11. The zero-order valence-electron chi connectivity index (χ0n) is 17.0. The largest absolute Gasteiger partial charge is 0.496 e. The second-order valence-corrected chi connectivity index (χ2v) is 7.11. The van der Waals surface area contributed by atoms with Crippen molar-refractivity contribution in [2.75, 3.05) is 12.4 Å². The normalized spacial score (nSPS) is 11.1. The summed E-state index contributed by atoms with van der Waals surface area (Å²) < 4.78 is 7.82. The molecular formula is C25H22N4O. The number of aryl methyl sites for hydroxylation is 1. The van der Waals surface area contributed by atoms with Crippen molar-refractivity contribution in [1.29, 1.82) is 0 Å². The van der Waals surface area contributed by atoms with Crippen molar-refractivity contribution < 1.29 is 4.74 Å². The SMILES string of the molecule is CCn1c2ccccc2c2cc(Nc3cc(-c4ccccc4OC)ncn3)ccc21. The Morgan fingerprint density at radius 3 is 2.53 bits per heavy atom. The first kappa shape index (κ1) is 18.2. The van der Waals surface area contributed by atoms with Crippen LogP contribution in [0.1, 0.15) is 6.92 Å². The van der Waals surface area contributed by atoms with Crippen LogP contribution in [0.3, 0.4) is 0 Å². The summed E-state index contributed by atoms with van der Waals surface area (Å²) in [6.07, 6.45) is 1.57. The molecule has 30 heavy (non-hydrogen) atoms. The molecule has 0 aliphatic rings. The molecule has 0 fully saturated rings. The van der Waals surface area contributed by atoms with Gasteiger partial charge in [0.2, 0.25) is 0 Å². The molecule has 1 N–H and O–H groups in total. The van der Waals surface area contributed by atoms with E-state index in [4.69, 9.17) is 4.74 Å². The van der Waals surface area contributed by atoms with Crippen LogP contribution in [-0.2, 0) is 6.54 Å². The zero-order valence-corrected chi connectivity index (χ0v) is 17.0. The third-order valence-corrected chi connectivity index (χ3v) is 5.41. The summed E-state index contributed by atoms with van der Waals surface area (Å²) in [5.74, 6) is 1.53. The van der Waals surface area contributed by atoms with Crippen molar-refractivity contribution in [2.24, 2.45) is 0 Å². The number of methoxy groups -OCH3 is 1. The Kier molecular flexibility index (Phi) is 4.56. The third kappa shape index (κ3) is 3.05. The van der Waals surface area contributed by atoms with Crippen LogP contribution in [0, 0.1) is 0 Å². The Morgan fingerprint density at radius 2 is 1.67 bits per heavy atom. The summed E-state index contributed by atoms with van der Waals surface area (Å²) in [5, 5.41) is 5.93. The van der Waals surface area contributed by atoms with Crippen LogP contribution < -0.4 is 10.1 Å². The summed E-state index contributed by atoms with van der Waals surface area (Å²) in [6, 6.07) is 24.8. The minimum absolute atomic E-state index is 0.740. The monoisotopic (exact) mass is 394 g/mol. The van der Waals surface area contributed by atoms with Crippen molar-refractivity contribution in [2.45, 2.75) is 13.5 Å². The molecule has 5 heteroatoms. The highest BCUT2D eigenvalue weighted by molar-refractivity contribution is 6.09. The average molecular weight is 394 g/mol. The standard InChI is InChI=1S/C25H22N4O/c1-3-29-22-10-6-4-8-18(22)20-14-17(12-13-23(20)29)28-25-15-21(26-16-27-25)19-9-5-7-11-24(19)30-2/h4-16H,3H2,1-2H3,(H,26,27,28). The predicted octanol–water partition coefficient (Wildman–Crippen LogP) is 6.02. The molecule has 148 valence electrons. The number of aromatic nitrogens is 3. The van der Waals surface area contributed by atoms with Gasteiger partial charge in [-0.3, -0.25) is 0 Å². The van der Waals surface area contributed by atoms with Crippen molar-refractivity contribution in [3.63, 3.8) is 0 Å². The fourth-order valence-electron chi connectivity index (χ4n) is 4.05. The molecule has 0 unspecified atom stereocenters. The van der Waals surface area contributed by atoms with E-state index in [-0.39, 0.29) is 0 Å². The zero-order chi connectivity index (χ0) is 20.5. The Bertz CT molecular complexity index is 1360. The molecule has 5 rings (SSSR count). The van der Waals surface area contributed by atoms with Gasteiger partial charge in [0.25, 0.3) is 0 Å². The second-order valence-electron chi connectivity index (χ2n) is 7.11. The highest BCUT2D eigenvalue weighted by Gasteiger charge is 2.11. The number of hydrogen-bond donors (Lipinski definition) is 1. The number of anilines is 2. The fraction of sp³-hybridized carbons (Fsp3) is 0.120. The Morgan fingerprint density at radius 1 is 0.867 bits per heavy atom. The molecule has 0 aliphatic heterocycles. The molecule has 3 aromatic carbocycles. The molecular weight excluding hydrogens is 372 g/mol. The van der Waals surface area contributed by atoms with E-state index in [2.05, 4.69) is 69.2 Å². The maximum Gasteiger partial charge on any atom is 0.134 e. The van der Waals surface area contributed by atoms with Crippen LogP contribution in [0.5, 0.6) is 5.75 Å². The summed E-state index contributed by atoms with van der Waals surface area (Å²) in [5.41, 5.74) is 5.24. The van der Waals surface area contributed by atoms with Crippen molar-refractivity contribution in [1.82, 2.24) is 14.5 Å². The van der Waals surface area contributed by atoms with E-state index in [1.807, 2.05) is 30.3 Å². The Labute approximate surface area is 175 Å². The Balaban J connectivity index is 1.54. The number of fused-ring (bicyclic) bond motifs is 3. The highest BCUT2D eigenvalue weighted by Crippen LogP contribution is 2.33. The van der Waals surface area contributed by atoms with E-state index in [1.54, 1.807) is 13.4 Å². The Hall–Kier alpha value is -3.86. The van der Waals surface area contributed by atoms with Gasteiger partial charge in [0, 0.05) is 45.7 Å². The smallest absolute Gasteiger partial charge is 0.134 e. The number of rotatable bonds is 5. The van der Waals surface area contributed by atoms with Gasteiger partial charge in [-0.1, -0.05) is 30.3 Å². The molecule has 5 nitrogen and oxygen atoms in total. The van der Waals surface area contributed by atoms with Gasteiger partial charge in [0.1, 0.15) is 17.9 Å². The quantitative estimate of drug-likeness (QED) is 0.396. The molecule has 2 aromatic heterocycles. The van der Waals surface area contributed by atoms with Gasteiger partial charge < -0.3 is 14.6 Å². The molecule has 0 spiro atoms. The summed E-state index contributed by atoms with van der Waals surface area (Å²) in [7, 11) is 1.67. The number of nitrogens with zero attached hydrogens (tertiary/aromatic N) is 3. The van der Waals surface area contributed by atoms with E-state index in [1.165, 1.54) is 21.8 Å². The van der Waals surface area contributed by atoms with Gasteiger partial charge in [-0.05, 0) is 43.3 Å². The van der Waals surface area contributed by atoms with E-state index >= 15 is 0 Å². The van der Waals surface area contributed by atoms with Crippen LogP contribution in [0.4, 0.5) is 11.5 Å². The van der Waals surface area contributed by atoms with E-state index in [0.717, 1.165) is 35.1 Å². The van der Waals surface area contributed by atoms with Gasteiger partial charge in [0.15, 0.2) is 0 Å². The van der Waals surface area contributed by atoms with E-state index in [9.17, 15) is 0 Å². The minimum atomic E-state index is 0.740. The predicted molar refractivity (Wildman–Crippen MR) is 122 cm³/mol. The van der Waals surface area contributed by atoms with Crippen molar-refractivity contribution in [3.8, 4) is 17.0 Å². The number of ether oxygens (including phenoxy) is 1. The lowest BCUT2D eigenvalue weighted by molar-refractivity contribution is 0.416. The first-order valence-corrected chi connectivity index (χ1v) is 10.0. The van der Waals surface area contributed by atoms with Gasteiger partial charge in [-0.2, -0.15) is 0 Å². The summed E-state index contributed by atoms with van der Waals surface area (Å²) in [4.78, 5) is 8.84. The number of benzene rings is 3.